The van der Waals surface area contributed by atoms with Gasteiger partial charge in [0, 0.05) is 30.4 Å². The average Bonchev–Trinajstić information content (AvgIpc) is 3.03. The predicted octanol–water partition coefficient (Wildman–Crippen LogP) is 2.89. The monoisotopic (exact) mass is 325 g/mol. The van der Waals surface area contributed by atoms with E-state index < -0.39 is 6.10 Å². The first-order valence-corrected chi connectivity index (χ1v) is 7.91. The summed E-state index contributed by atoms with van der Waals surface area (Å²) in [5, 5.41) is 17.5. The third-order valence-electron chi connectivity index (χ3n) is 3.81. The minimum Gasteiger partial charge on any atom is -0.387 e. The molecule has 0 amide bonds. The molecule has 0 aliphatic rings. The molecule has 3 rings (SSSR count). The van der Waals surface area contributed by atoms with Crippen LogP contribution in [0.2, 0.25) is 0 Å². The van der Waals surface area contributed by atoms with Crippen LogP contribution >= 0.6 is 0 Å². The lowest BCUT2D eigenvalue weighted by molar-refractivity contribution is 0.169. The first-order valence-electron chi connectivity index (χ1n) is 7.91. The van der Waals surface area contributed by atoms with Crippen LogP contribution in [0.3, 0.4) is 0 Å². The Bertz CT molecular complexity index is 773. The molecule has 1 heterocycles. The Labute approximate surface area is 140 Å². The van der Waals surface area contributed by atoms with Crippen LogP contribution in [0.25, 0.3) is 0 Å². The molecule has 1 atom stereocenters. The number of nitrogens with one attached hydrogen (secondary N) is 1. The number of aliphatic hydroxyl groups excluding tert-OH is 1. The third-order valence-corrected chi connectivity index (χ3v) is 3.81. The summed E-state index contributed by atoms with van der Waals surface area (Å²) < 4.78 is 15.5. The van der Waals surface area contributed by atoms with Gasteiger partial charge in [0.1, 0.15) is 5.82 Å². The van der Waals surface area contributed by atoms with E-state index in [0.717, 1.165) is 12.1 Å². The van der Waals surface area contributed by atoms with Crippen LogP contribution in [0.1, 0.15) is 22.8 Å². The molecular formula is C19H20FN3O. The Morgan fingerprint density at radius 3 is 2.58 bits per heavy atom. The molecule has 0 fully saturated rings. The second kappa shape index (κ2) is 7.86. The van der Waals surface area contributed by atoms with Crippen LogP contribution in [0.5, 0.6) is 0 Å². The van der Waals surface area contributed by atoms with Gasteiger partial charge in [0.25, 0.3) is 0 Å². The van der Waals surface area contributed by atoms with E-state index in [1.54, 1.807) is 24.4 Å². The van der Waals surface area contributed by atoms with Crippen molar-refractivity contribution in [3.63, 3.8) is 0 Å². The Balaban J connectivity index is 1.50. The van der Waals surface area contributed by atoms with E-state index >= 15 is 0 Å². The summed E-state index contributed by atoms with van der Waals surface area (Å²) in [6, 6.07) is 16.4. The van der Waals surface area contributed by atoms with E-state index in [-0.39, 0.29) is 12.4 Å². The molecule has 0 radical (unpaired) electrons. The summed E-state index contributed by atoms with van der Waals surface area (Å²) >= 11 is 0. The van der Waals surface area contributed by atoms with Crippen LogP contribution in [0.15, 0.2) is 67.0 Å². The smallest absolute Gasteiger partial charge is 0.129 e. The molecule has 2 N–H and O–H groups in total. The SMILES string of the molecule is O[C@@H](CNCc1cnn(Cc2ccccc2)c1)c1ccccc1F. The van der Waals surface area contributed by atoms with Crippen molar-refractivity contribution in [2.75, 3.05) is 6.54 Å². The Hall–Kier alpha value is -2.50. The van der Waals surface area contributed by atoms with Gasteiger partial charge < -0.3 is 10.4 Å². The minimum atomic E-state index is -0.870. The molecule has 0 aliphatic heterocycles. The normalized spacial score (nSPS) is 12.2. The van der Waals surface area contributed by atoms with E-state index in [4.69, 9.17) is 0 Å². The van der Waals surface area contributed by atoms with Crippen molar-refractivity contribution in [3.05, 3.63) is 89.5 Å². The lowest BCUT2D eigenvalue weighted by Crippen LogP contribution is -2.21. The number of aliphatic hydroxyl groups is 1. The van der Waals surface area contributed by atoms with Crippen molar-refractivity contribution in [2.45, 2.75) is 19.2 Å². The van der Waals surface area contributed by atoms with Crippen LogP contribution in [0.4, 0.5) is 4.39 Å². The number of rotatable bonds is 7. The van der Waals surface area contributed by atoms with Gasteiger partial charge in [0.15, 0.2) is 0 Å². The molecule has 0 bridgehead atoms. The standard InChI is InChI=1S/C19H20FN3O/c20-18-9-5-4-8-17(18)19(24)12-21-10-16-11-22-23(14-16)13-15-6-2-1-3-7-15/h1-9,11,14,19,21,24H,10,12-13H2/t19-/m0/s1. The zero-order valence-electron chi connectivity index (χ0n) is 13.3. The van der Waals surface area contributed by atoms with Crippen LogP contribution in [-0.4, -0.2) is 21.4 Å². The van der Waals surface area contributed by atoms with Crippen molar-refractivity contribution in [1.29, 1.82) is 0 Å². The Morgan fingerprint density at radius 2 is 1.79 bits per heavy atom. The number of hydrogen-bond acceptors (Lipinski definition) is 3. The van der Waals surface area contributed by atoms with Gasteiger partial charge in [0.05, 0.1) is 18.8 Å². The van der Waals surface area contributed by atoms with Gasteiger partial charge in [0.2, 0.25) is 0 Å². The molecule has 1 aromatic heterocycles. The van der Waals surface area contributed by atoms with Gasteiger partial charge in [-0.1, -0.05) is 48.5 Å². The summed E-state index contributed by atoms with van der Waals surface area (Å²) in [6.45, 7) is 1.57. The van der Waals surface area contributed by atoms with Gasteiger partial charge >= 0.3 is 0 Å². The van der Waals surface area contributed by atoms with Crippen molar-refractivity contribution < 1.29 is 9.50 Å². The zero-order chi connectivity index (χ0) is 16.8. The number of hydrogen-bond donors (Lipinski definition) is 2. The second-order valence-corrected chi connectivity index (χ2v) is 5.70. The van der Waals surface area contributed by atoms with Crippen molar-refractivity contribution in [1.82, 2.24) is 15.1 Å². The molecule has 24 heavy (non-hydrogen) atoms. The van der Waals surface area contributed by atoms with Gasteiger partial charge in [-0.25, -0.2) is 4.39 Å². The molecule has 124 valence electrons. The van der Waals surface area contributed by atoms with Crippen molar-refractivity contribution in [3.8, 4) is 0 Å². The van der Waals surface area contributed by atoms with E-state index in [2.05, 4.69) is 22.5 Å². The second-order valence-electron chi connectivity index (χ2n) is 5.70. The predicted molar refractivity (Wildman–Crippen MR) is 90.8 cm³/mol. The zero-order valence-corrected chi connectivity index (χ0v) is 13.3. The van der Waals surface area contributed by atoms with Crippen LogP contribution < -0.4 is 5.32 Å². The molecule has 0 saturated heterocycles. The Morgan fingerprint density at radius 1 is 1.04 bits per heavy atom. The number of nitrogens with zero attached hydrogens (tertiary/aromatic N) is 2. The van der Waals surface area contributed by atoms with E-state index in [0.29, 0.717) is 12.1 Å². The largest absolute Gasteiger partial charge is 0.387 e. The maximum atomic E-state index is 13.6. The van der Waals surface area contributed by atoms with Crippen LogP contribution in [0, 0.1) is 5.82 Å². The Kier molecular flexibility index (Phi) is 5.36. The van der Waals surface area contributed by atoms with Gasteiger partial charge in [-0.05, 0) is 11.6 Å². The molecule has 0 unspecified atom stereocenters. The highest BCUT2D eigenvalue weighted by Crippen LogP contribution is 2.15. The fraction of sp³-hybridized carbons (Fsp3) is 0.211. The van der Waals surface area contributed by atoms with Gasteiger partial charge in [-0.3, -0.25) is 4.68 Å². The summed E-state index contributed by atoms with van der Waals surface area (Å²) in [5.41, 5.74) is 2.52. The number of aromatic nitrogens is 2. The topological polar surface area (TPSA) is 50.1 Å². The quantitative estimate of drug-likeness (QED) is 0.702. The van der Waals surface area contributed by atoms with Gasteiger partial charge in [-0.2, -0.15) is 5.10 Å². The van der Waals surface area contributed by atoms with Crippen molar-refractivity contribution in [2.24, 2.45) is 0 Å². The maximum absolute atomic E-state index is 13.6. The first-order chi connectivity index (χ1) is 11.7. The molecule has 4 nitrogen and oxygen atoms in total. The summed E-state index contributed by atoms with van der Waals surface area (Å²) in [6.07, 6.45) is 2.89. The fourth-order valence-electron chi connectivity index (χ4n) is 2.56. The minimum absolute atomic E-state index is 0.283. The summed E-state index contributed by atoms with van der Waals surface area (Å²) in [4.78, 5) is 0. The lowest BCUT2D eigenvalue weighted by Gasteiger charge is -2.12. The first kappa shape index (κ1) is 16.4. The van der Waals surface area contributed by atoms with Gasteiger partial charge in [-0.15, -0.1) is 0 Å². The van der Waals surface area contributed by atoms with E-state index in [1.807, 2.05) is 29.1 Å². The molecule has 0 saturated carbocycles. The number of benzene rings is 2. The number of halogens is 1. The molecule has 3 aromatic rings. The van der Waals surface area contributed by atoms with Crippen molar-refractivity contribution >= 4 is 0 Å². The van der Waals surface area contributed by atoms with E-state index in [9.17, 15) is 9.50 Å². The molecule has 0 aliphatic carbocycles. The molecule has 0 spiro atoms. The highest BCUT2D eigenvalue weighted by molar-refractivity contribution is 5.20. The molecule has 5 heteroatoms. The van der Waals surface area contributed by atoms with E-state index in [1.165, 1.54) is 11.6 Å². The third kappa shape index (κ3) is 4.28. The highest BCUT2D eigenvalue weighted by Gasteiger charge is 2.11. The summed E-state index contributed by atoms with van der Waals surface area (Å²) in [5.74, 6) is -0.387. The lowest BCUT2D eigenvalue weighted by atomic mass is 10.1. The molecule has 2 aromatic carbocycles. The highest BCUT2D eigenvalue weighted by atomic mass is 19.1. The fourth-order valence-corrected chi connectivity index (χ4v) is 2.56. The molecular weight excluding hydrogens is 305 g/mol. The summed E-state index contributed by atoms with van der Waals surface area (Å²) in [7, 11) is 0. The maximum Gasteiger partial charge on any atom is 0.129 e. The van der Waals surface area contributed by atoms with Crippen LogP contribution in [-0.2, 0) is 13.1 Å². The average molecular weight is 325 g/mol.